The lowest BCUT2D eigenvalue weighted by Gasteiger charge is -2.42. The number of nitrogens with two attached hydrogens (primary N) is 1. The molecule has 1 aromatic carbocycles. The molecule has 6 heteroatoms. The zero-order chi connectivity index (χ0) is 19.6. The van der Waals surface area contributed by atoms with Crippen LogP contribution in [0.25, 0.3) is 0 Å². The monoisotopic (exact) mass is 407 g/mol. The third-order valence-electron chi connectivity index (χ3n) is 6.36. The summed E-state index contributed by atoms with van der Waals surface area (Å²) in [6.45, 7) is 8.01. The zero-order valence-electron chi connectivity index (χ0n) is 17.3. The molecule has 1 saturated heterocycles. The van der Waals surface area contributed by atoms with E-state index in [9.17, 15) is 9.59 Å². The molecule has 4 atom stereocenters. The molecular weight excluding hydrogens is 374 g/mol. The molecule has 1 fully saturated rings. The number of rotatable bonds is 4. The lowest BCUT2D eigenvalue weighted by Crippen LogP contribution is -2.57. The molecule has 0 bridgehead atoms. The molecule has 2 heterocycles. The van der Waals surface area contributed by atoms with Crippen LogP contribution in [0.2, 0.25) is 0 Å². The number of piperidine rings is 1. The van der Waals surface area contributed by atoms with Crippen LogP contribution in [0.3, 0.4) is 0 Å². The Labute approximate surface area is 175 Å². The molecule has 28 heavy (non-hydrogen) atoms. The summed E-state index contributed by atoms with van der Waals surface area (Å²) < 4.78 is 0. The number of nitrogens with zero attached hydrogens (tertiary/aromatic N) is 2. The summed E-state index contributed by atoms with van der Waals surface area (Å²) in [6.07, 6.45) is 3.45. The number of benzene rings is 1. The quantitative estimate of drug-likeness (QED) is 0.834. The van der Waals surface area contributed by atoms with E-state index in [0.717, 1.165) is 31.4 Å². The summed E-state index contributed by atoms with van der Waals surface area (Å²) in [6, 6.07) is 7.87. The van der Waals surface area contributed by atoms with Crippen molar-refractivity contribution < 1.29 is 9.59 Å². The first-order valence-corrected chi connectivity index (χ1v) is 10.3. The van der Waals surface area contributed by atoms with Gasteiger partial charge in [0.25, 0.3) is 0 Å². The van der Waals surface area contributed by atoms with E-state index in [2.05, 4.69) is 12.1 Å². The molecule has 4 unspecified atom stereocenters. The predicted octanol–water partition coefficient (Wildman–Crippen LogP) is 2.99. The molecule has 2 aliphatic rings. The van der Waals surface area contributed by atoms with Crippen LogP contribution in [0.1, 0.15) is 51.2 Å². The second kappa shape index (κ2) is 9.75. The van der Waals surface area contributed by atoms with Gasteiger partial charge < -0.3 is 15.5 Å². The molecule has 2 N–H and O–H groups in total. The summed E-state index contributed by atoms with van der Waals surface area (Å²) in [5, 5.41) is 0. The molecule has 0 aromatic heterocycles. The maximum Gasteiger partial charge on any atom is 0.245 e. The Morgan fingerprint density at radius 1 is 1.21 bits per heavy atom. The summed E-state index contributed by atoms with van der Waals surface area (Å²) >= 11 is 0. The van der Waals surface area contributed by atoms with Gasteiger partial charge in [0.1, 0.15) is 6.04 Å². The van der Waals surface area contributed by atoms with Gasteiger partial charge in [-0.25, -0.2) is 0 Å². The van der Waals surface area contributed by atoms with Gasteiger partial charge in [0.05, 0.1) is 0 Å². The number of fused-ring (bicyclic) bond motifs is 1. The van der Waals surface area contributed by atoms with E-state index in [1.54, 1.807) is 0 Å². The van der Waals surface area contributed by atoms with Crippen LogP contribution >= 0.6 is 12.4 Å². The molecule has 2 amide bonds. The molecule has 5 nitrogen and oxygen atoms in total. The van der Waals surface area contributed by atoms with Gasteiger partial charge in [-0.05, 0) is 43.2 Å². The molecule has 3 rings (SSSR count). The molecule has 0 radical (unpaired) electrons. The second-order valence-electron chi connectivity index (χ2n) is 8.31. The zero-order valence-corrected chi connectivity index (χ0v) is 18.1. The minimum absolute atomic E-state index is 0. The van der Waals surface area contributed by atoms with Crippen LogP contribution < -0.4 is 5.73 Å². The van der Waals surface area contributed by atoms with Gasteiger partial charge in [-0.1, -0.05) is 38.1 Å². The van der Waals surface area contributed by atoms with E-state index < -0.39 is 6.04 Å². The van der Waals surface area contributed by atoms with Gasteiger partial charge in [-0.3, -0.25) is 9.59 Å². The van der Waals surface area contributed by atoms with Gasteiger partial charge in [0.2, 0.25) is 11.8 Å². The Balaban J connectivity index is 0.00000280. The van der Waals surface area contributed by atoms with Gasteiger partial charge in [-0.15, -0.1) is 12.4 Å². The number of carbonyl (C=O) groups excluding carboxylic acids is 2. The third-order valence-corrected chi connectivity index (χ3v) is 6.36. The third kappa shape index (κ3) is 4.69. The highest BCUT2D eigenvalue weighted by atomic mass is 35.5. The number of hydrogen-bond acceptors (Lipinski definition) is 3. The fraction of sp³-hybridized carbons (Fsp3) is 0.636. The molecule has 2 aliphatic heterocycles. The standard InChI is InChI=1S/C22H33N3O2.ClH/c1-4-15(2)21(26)25-14-19-9-6-5-8-17(19)12-20(25)22(27)24-11-7-10-18(13-24)16(3)23;/h5-6,8-9,15-16,18,20H,4,7,10-14,23H2,1-3H3;1H. The Kier molecular flexibility index (Phi) is 7.90. The average molecular weight is 408 g/mol. The molecule has 0 spiro atoms. The highest BCUT2D eigenvalue weighted by Crippen LogP contribution is 2.28. The van der Waals surface area contributed by atoms with Crippen LogP contribution in [0.4, 0.5) is 0 Å². The second-order valence-corrected chi connectivity index (χ2v) is 8.31. The molecule has 0 aliphatic carbocycles. The number of likely N-dealkylation sites (tertiary alicyclic amines) is 1. The van der Waals surface area contributed by atoms with Crippen molar-refractivity contribution in [3.05, 3.63) is 35.4 Å². The van der Waals surface area contributed by atoms with Crippen LogP contribution in [-0.2, 0) is 22.6 Å². The van der Waals surface area contributed by atoms with Crippen molar-refractivity contribution in [1.82, 2.24) is 9.80 Å². The maximum atomic E-state index is 13.4. The molecule has 0 saturated carbocycles. The van der Waals surface area contributed by atoms with Crippen molar-refractivity contribution in [2.75, 3.05) is 13.1 Å². The van der Waals surface area contributed by atoms with E-state index >= 15 is 0 Å². The minimum Gasteiger partial charge on any atom is -0.341 e. The summed E-state index contributed by atoms with van der Waals surface area (Å²) in [5.74, 6) is 0.457. The molecule has 156 valence electrons. The average Bonchev–Trinajstić information content (AvgIpc) is 2.71. The van der Waals surface area contributed by atoms with E-state index in [4.69, 9.17) is 5.73 Å². The summed E-state index contributed by atoms with van der Waals surface area (Å²) in [4.78, 5) is 30.3. The van der Waals surface area contributed by atoms with Crippen molar-refractivity contribution in [2.24, 2.45) is 17.6 Å². The Hall–Kier alpha value is -1.59. The maximum absolute atomic E-state index is 13.4. The van der Waals surface area contributed by atoms with E-state index in [0.29, 0.717) is 25.4 Å². The van der Waals surface area contributed by atoms with Gasteiger partial charge in [0, 0.05) is 38.0 Å². The van der Waals surface area contributed by atoms with Gasteiger partial charge in [0.15, 0.2) is 0 Å². The largest absolute Gasteiger partial charge is 0.341 e. The van der Waals surface area contributed by atoms with Crippen LogP contribution in [0, 0.1) is 11.8 Å². The number of amides is 2. The van der Waals surface area contributed by atoms with E-state index in [1.807, 2.05) is 42.7 Å². The van der Waals surface area contributed by atoms with Crippen molar-refractivity contribution >= 4 is 24.2 Å². The Morgan fingerprint density at radius 3 is 2.54 bits per heavy atom. The first-order valence-electron chi connectivity index (χ1n) is 10.3. The van der Waals surface area contributed by atoms with Gasteiger partial charge in [-0.2, -0.15) is 0 Å². The van der Waals surface area contributed by atoms with Crippen molar-refractivity contribution in [1.29, 1.82) is 0 Å². The minimum atomic E-state index is -0.395. The Bertz CT molecular complexity index is 694. The van der Waals surface area contributed by atoms with Crippen molar-refractivity contribution in [3.63, 3.8) is 0 Å². The van der Waals surface area contributed by atoms with Crippen LogP contribution in [-0.4, -0.2) is 46.8 Å². The summed E-state index contributed by atoms with van der Waals surface area (Å²) in [5.41, 5.74) is 8.44. The van der Waals surface area contributed by atoms with E-state index in [1.165, 1.54) is 5.56 Å². The van der Waals surface area contributed by atoms with Crippen molar-refractivity contribution in [2.45, 2.75) is 65.1 Å². The number of carbonyl (C=O) groups is 2. The van der Waals surface area contributed by atoms with Crippen molar-refractivity contribution in [3.8, 4) is 0 Å². The highest BCUT2D eigenvalue weighted by molar-refractivity contribution is 5.89. The van der Waals surface area contributed by atoms with E-state index in [-0.39, 0.29) is 36.2 Å². The molecule has 1 aromatic rings. The molecular formula is C22H34ClN3O2. The smallest absolute Gasteiger partial charge is 0.245 e. The lowest BCUT2D eigenvalue weighted by molar-refractivity contribution is -0.150. The predicted molar refractivity (Wildman–Crippen MR) is 114 cm³/mol. The lowest BCUT2D eigenvalue weighted by atomic mass is 9.89. The first kappa shape index (κ1) is 22.7. The fourth-order valence-electron chi connectivity index (χ4n) is 4.28. The normalized spacial score (nSPS) is 24.0. The van der Waals surface area contributed by atoms with Crippen LogP contribution in [0.15, 0.2) is 24.3 Å². The van der Waals surface area contributed by atoms with Gasteiger partial charge >= 0.3 is 0 Å². The fourth-order valence-corrected chi connectivity index (χ4v) is 4.28. The first-order chi connectivity index (χ1) is 12.9. The number of halogens is 1. The topological polar surface area (TPSA) is 66.6 Å². The summed E-state index contributed by atoms with van der Waals surface area (Å²) in [7, 11) is 0. The SMILES string of the molecule is CCC(C)C(=O)N1Cc2ccccc2CC1C(=O)N1CCCC(C(C)N)C1.Cl. The highest BCUT2D eigenvalue weighted by Gasteiger charge is 2.39. The number of hydrogen-bond donors (Lipinski definition) is 1. The van der Waals surface area contributed by atoms with Crippen LogP contribution in [0.5, 0.6) is 0 Å². The Morgan fingerprint density at radius 2 is 1.89 bits per heavy atom.